The number of hydrogen-bond acceptors (Lipinski definition) is 9. The van der Waals surface area contributed by atoms with Crippen LogP contribution in [0.4, 0.5) is 4.39 Å². The van der Waals surface area contributed by atoms with Crippen molar-refractivity contribution in [1.29, 1.82) is 0 Å². The number of aromatic nitrogens is 5. The average Bonchev–Trinajstić information content (AvgIpc) is 3.69. The molecule has 2 aromatic heterocycles. The van der Waals surface area contributed by atoms with Crippen LogP contribution in [0.5, 0.6) is 23.0 Å². The van der Waals surface area contributed by atoms with Crippen molar-refractivity contribution < 1.29 is 23.3 Å². The van der Waals surface area contributed by atoms with E-state index in [9.17, 15) is 9.18 Å². The summed E-state index contributed by atoms with van der Waals surface area (Å²) in [5, 5.41) is 13.6. The van der Waals surface area contributed by atoms with Gasteiger partial charge in [0.2, 0.25) is 6.79 Å². The topological polar surface area (TPSA) is 117 Å². The Kier molecular flexibility index (Phi) is 8.65. The van der Waals surface area contributed by atoms with Crippen molar-refractivity contribution in [3.63, 3.8) is 0 Å². The molecule has 1 N–H and O–H groups in total. The SMILES string of the molecule is COc1ccc(CCN(Cc2cc3cc4c(cc3[nH]c2=O)OCO4)[C@@H](c2nnnn2Cc2ccc(F)cc2)C(C)C)cc1OC. The van der Waals surface area contributed by atoms with Gasteiger partial charge in [0.25, 0.3) is 5.56 Å². The van der Waals surface area contributed by atoms with E-state index in [1.807, 2.05) is 30.3 Å². The molecule has 6 rings (SSSR count). The van der Waals surface area contributed by atoms with Gasteiger partial charge in [-0.25, -0.2) is 9.07 Å². The van der Waals surface area contributed by atoms with E-state index < -0.39 is 0 Å². The molecule has 3 heterocycles. The van der Waals surface area contributed by atoms with Crippen molar-refractivity contribution in [3.05, 3.63) is 99.3 Å². The third-order valence-electron chi connectivity index (χ3n) is 8.02. The molecule has 45 heavy (non-hydrogen) atoms. The number of pyridine rings is 1. The zero-order valence-electron chi connectivity index (χ0n) is 25.6. The first-order valence-corrected chi connectivity index (χ1v) is 14.7. The van der Waals surface area contributed by atoms with Crippen LogP contribution < -0.4 is 24.5 Å². The Morgan fingerprint density at radius 2 is 1.71 bits per heavy atom. The van der Waals surface area contributed by atoms with Gasteiger partial charge in [0.1, 0.15) is 5.82 Å². The predicted octanol–water partition coefficient (Wildman–Crippen LogP) is 4.89. The van der Waals surface area contributed by atoms with Crippen LogP contribution in [-0.4, -0.2) is 57.6 Å². The minimum absolute atomic E-state index is 0.0710. The van der Waals surface area contributed by atoms with Crippen molar-refractivity contribution in [2.45, 2.75) is 39.4 Å². The molecule has 0 bridgehead atoms. The van der Waals surface area contributed by atoms with Crippen LogP contribution in [0.15, 0.2) is 65.5 Å². The quantitative estimate of drug-likeness (QED) is 0.210. The maximum atomic E-state index is 13.6. The summed E-state index contributed by atoms with van der Waals surface area (Å²) in [6, 6.07) is 17.5. The van der Waals surface area contributed by atoms with Crippen molar-refractivity contribution in [2.24, 2.45) is 5.92 Å². The summed E-state index contributed by atoms with van der Waals surface area (Å²) < 4.78 is 37.4. The second kappa shape index (κ2) is 12.9. The van der Waals surface area contributed by atoms with Gasteiger partial charge in [-0.2, -0.15) is 0 Å². The summed E-state index contributed by atoms with van der Waals surface area (Å²) in [6.07, 6.45) is 0.660. The van der Waals surface area contributed by atoms with Crippen molar-refractivity contribution >= 4 is 10.9 Å². The third kappa shape index (κ3) is 6.46. The van der Waals surface area contributed by atoms with Gasteiger partial charge in [0.05, 0.1) is 32.3 Å². The maximum Gasteiger partial charge on any atom is 0.252 e. The number of nitrogens with zero attached hydrogens (tertiary/aromatic N) is 5. The number of benzene rings is 3. The van der Waals surface area contributed by atoms with Crippen molar-refractivity contribution in [1.82, 2.24) is 30.1 Å². The molecule has 0 saturated heterocycles. The van der Waals surface area contributed by atoms with E-state index >= 15 is 0 Å². The van der Waals surface area contributed by atoms with Gasteiger partial charge < -0.3 is 23.9 Å². The molecule has 0 unspecified atom stereocenters. The number of ether oxygens (including phenoxy) is 4. The van der Waals surface area contributed by atoms with Gasteiger partial charge in [-0.3, -0.25) is 9.69 Å². The number of nitrogens with one attached hydrogen (secondary N) is 1. The smallest absolute Gasteiger partial charge is 0.252 e. The number of fused-ring (bicyclic) bond motifs is 2. The number of H-pyrrole nitrogens is 1. The lowest BCUT2D eigenvalue weighted by atomic mass is 9.99. The molecule has 0 fully saturated rings. The Morgan fingerprint density at radius 1 is 0.978 bits per heavy atom. The fourth-order valence-corrected chi connectivity index (χ4v) is 5.78. The van der Waals surface area contributed by atoms with Gasteiger partial charge >= 0.3 is 0 Å². The highest BCUT2D eigenvalue weighted by Crippen LogP contribution is 2.36. The standard InChI is InChI=1S/C33H35FN6O5/c1-20(2)31(32-36-37-38-40(32)17-22-5-8-25(34)9-6-22)39(12-11-21-7-10-27(42-3)28(13-21)43-4)18-24-14-23-15-29-30(45-19-44-29)16-26(23)35-33(24)41/h5-10,13-16,20,31H,11-12,17-19H2,1-4H3,(H,35,41)/t31-/m1/s1. The first-order chi connectivity index (χ1) is 21.8. The molecule has 0 aliphatic carbocycles. The molecule has 5 aromatic rings. The molecule has 0 spiro atoms. The molecule has 11 nitrogen and oxygen atoms in total. The van der Waals surface area contributed by atoms with Crippen LogP contribution in [-0.2, 0) is 19.5 Å². The van der Waals surface area contributed by atoms with E-state index in [-0.39, 0.29) is 30.1 Å². The lowest BCUT2D eigenvalue weighted by Gasteiger charge is -2.33. The fourth-order valence-electron chi connectivity index (χ4n) is 5.78. The molecular weight excluding hydrogens is 579 g/mol. The Bertz CT molecular complexity index is 1860. The maximum absolute atomic E-state index is 13.6. The summed E-state index contributed by atoms with van der Waals surface area (Å²) in [5.74, 6) is 2.98. The van der Waals surface area contributed by atoms with E-state index in [1.165, 1.54) is 12.1 Å². The van der Waals surface area contributed by atoms with E-state index in [0.717, 1.165) is 16.5 Å². The normalized spacial score (nSPS) is 13.1. The van der Waals surface area contributed by atoms with Crippen LogP contribution in [0.25, 0.3) is 10.9 Å². The molecule has 1 atom stereocenters. The molecular formula is C33H35FN6O5. The van der Waals surface area contributed by atoms with Crippen LogP contribution in [0, 0.1) is 11.7 Å². The van der Waals surface area contributed by atoms with Gasteiger partial charge in [0, 0.05) is 30.1 Å². The molecule has 0 amide bonds. The predicted molar refractivity (Wildman–Crippen MR) is 165 cm³/mol. The van der Waals surface area contributed by atoms with Crippen molar-refractivity contribution in [3.8, 4) is 23.0 Å². The highest BCUT2D eigenvalue weighted by Gasteiger charge is 2.30. The van der Waals surface area contributed by atoms with E-state index in [1.54, 1.807) is 37.1 Å². The Balaban J connectivity index is 1.36. The summed E-state index contributed by atoms with van der Waals surface area (Å²) >= 11 is 0. The van der Waals surface area contributed by atoms with Gasteiger partial charge in [-0.05, 0) is 70.3 Å². The third-order valence-corrected chi connectivity index (χ3v) is 8.02. The van der Waals surface area contributed by atoms with Crippen molar-refractivity contribution in [2.75, 3.05) is 27.6 Å². The van der Waals surface area contributed by atoms with Gasteiger partial charge in [-0.1, -0.05) is 32.0 Å². The second-order valence-corrected chi connectivity index (χ2v) is 11.3. The highest BCUT2D eigenvalue weighted by molar-refractivity contribution is 5.83. The Hall–Kier alpha value is -4.97. The largest absolute Gasteiger partial charge is 0.493 e. The molecule has 234 valence electrons. The van der Waals surface area contributed by atoms with Crippen LogP contribution in [0.1, 0.15) is 42.4 Å². The Labute approximate surface area is 259 Å². The molecule has 3 aromatic carbocycles. The molecule has 0 saturated carbocycles. The highest BCUT2D eigenvalue weighted by atomic mass is 19.1. The number of tetrazole rings is 1. The first-order valence-electron chi connectivity index (χ1n) is 14.7. The summed E-state index contributed by atoms with van der Waals surface area (Å²) in [6.45, 7) is 5.65. The molecule has 12 heteroatoms. The van der Waals surface area contributed by atoms with Crippen LogP contribution in [0.3, 0.4) is 0 Å². The lowest BCUT2D eigenvalue weighted by molar-refractivity contribution is 0.136. The number of aromatic amines is 1. The molecule has 1 aliphatic rings. The van der Waals surface area contributed by atoms with Crippen LogP contribution >= 0.6 is 0 Å². The lowest BCUT2D eigenvalue weighted by Crippen LogP contribution is -2.37. The Morgan fingerprint density at radius 3 is 2.44 bits per heavy atom. The van der Waals surface area contributed by atoms with E-state index in [2.05, 4.69) is 39.3 Å². The first kappa shape index (κ1) is 30.1. The monoisotopic (exact) mass is 614 g/mol. The number of halogens is 1. The zero-order chi connectivity index (χ0) is 31.5. The number of rotatable bonds is 12. The minimum Gasteiger partial charge on any atom is -0.493 e. The van der Waals surface area contributed by atoms with Gasteiger partial charge in [-0.15, -0.1) is 5.10 Å². The zero-order valence-corrected chi connectivity index (χ0v) is 25.6. The van der Waals surface area contributed by atoms with E-state index in [4.69, 9.17) is 18.9 Å². The second-order valence-electron chi connectivity index (χ2n) is 11.3. The summed E-state index contributed by atoms with van der Waals surface area (Å²) in [5.41, 5.74) is 3.00. The fraction of sp³-hybridized carbons (Fsp3) is 0.333. The van der Waals surface area contributed by atoms with Crippen LogP contribution in [0.2, 0.25) is 0 Å². The molecule has 1 aliphatic heterocycles. The minimum atomic E-state index is -0.304. The molecule has 0 radical (unpaired) electrons. The van der Waals surface area contributed by atoms with Gasteiger partial charge in [0.15, 0.2) is 28.8 Å². The summed E-state index contributed by atoms with van der Waals surface area (Å²) in [4.78, 5) is 18.7. The van der Waals surface area contributed by atoms with E-state index in [0.29, 0.717) is 66.0 Å². The number of methoxy groups -OCH3 is 2. The average molecular weight is 615 g/mol. The summed E-state index contributed by atoms with van der Waals surface area (Å²) in [7, 11) is 3.22. The number of hydrogen-bond donors (Lipinski definition) is 1.